The number of ketones is 1. The van der Waals surface area contributed by atoms with E-state index in [1.54, 1.807) is 0 Å². The summed E-state index contributed by atoms with van der Waals surface area (Å²) < 4.78 is 0. The molecule has 0 aliphatic carbocycles. The summed E-state index contributed by atoms with van der Waals surface area (Å²) in [6, 6.07) is 0. The van der Waals surface area contributed by atoms with Gasteiger partial charge in [-0.3, -0.25) is 4.79 Å². The first-order valence-electron chi connectivity index (χ1n) is 1.66. The van der Waals surface area contributed by atoms with Crippen LogP contribution in [0.2, 0.25) is 0 Å². The summed E-state index contributed by atoms with van der Waals surface area (Å²) in [4.78, 5) is 19.6. The van der Waals surface area contributed by atoms with E-state index >= 15 is 0 Å². The lowest BCUT2D eigenvalue weighted by molar-refractivity contribution is -0.130. The number of hydrogen-bond donors (Lipinski definition) is 0. The number of Topliss-reactive ketones (excluding diaryl/α,β-unsaturated/α-hetero) is 1. The minimum Gasteiger partial charge on any atom is -0.304 e. The number of hydrogen-bond acceptors (Lipinski definition) is 2. The normalized spacial score (nSPS) is 7.50. The zero-order chi connectivity index (χ0) is 5.15. The second-order valence-corrected chi connectivity index (χ2v) is 1.11. The topological polar surface area (TPSA) is 34.1 Å². The third kappa shape index (κ3) is 1.70. The van der Waals surface area contributed by atoms with Crippen molar-refractivity contribution in [2.75, 3.05) is 0 Å². The van der Waals surface area contributed by atoms with Crippen LogP contribution in [0.25, 0.3) is 0 Å². The van der Waals surface area contributed by atoms with E-state index in [2.05, 4.69) is 0 Å². The Labute approximate surface area is 36.9 Å². The molecule has 0 N–H and O–H groups in total. The molecule has 2 nitrogen and oxygen atoms in total. The molecule has 0 rings (SSSR count). The Morgan fingerprint density at radius 1 is 1.50 bits per heavy atom. The van der Waals surface area contributed by atoms with Gasteiger partial charge in [-0.05, 0) is 0 Å². The lowest BCUT2D eigenvalue weighted by Gasteiger charge is -1.73. The lowest BCUT2D eigenvalue weighted by atomic mass is 10.00. The standard InChI is InChI=1S/C3H5BO2/c1-2(5)3(4)6/h4H2,1H3. The molecule has 32 valence electrons. The van der Waals surface area contributed by atoms with E-state index in [0.717, 1.165) is 0 Å². The fraction of sp³-hybridized carbons (Fsp3) is 0.333. The van der Waals surface area contributed by atoms with E-state index in [-0.39, 0.29) is 11.5 Å². The van der Waals surface area contributed by atoms with Gasteiger partial charge in [0.05, 0.1) is 0 Å². The maximum Gasteiger partial charge on any atom is 0.197 e. The van der Waals surface area contributed by atoms with Gasteiger partial charge in [0.15, 0.2) is 13.6 Å². The third-order valence-electron chi connectivity index (χ3n) is 0.496. The molecule has 0 aromatic rings. The van der Waals surface area contributed by atoms with Gasteiger partial charge in [-0.15, -0.1) is 0 Å². The maximum atomic E-state index is 9.79. The first kappa shape index (κ1) is 5.40. The van der Waals surface area contributed by atoms with Crippen molar-refractivity contribution in [2.24, 2.45) is 0 Å². The van der Waals surface area contributed by atoms with Crippen molar-refractivity contribution in [1.29, 1.82) is 0 Å². The summed E-state index contributed by atoms with van der Waals surface area (Å²) >= 11 is 0. The number of carbonyl (C=O) groups excluding carboxylic acids is 2. The van der Waals surface area contributed by atoms with Crippen molar-refractivity contribution in [3.05, 3.63) is 0 Å². The average Bonchev–Trinajstić information content (AvgIpc) is 1.36. The second kappa shape index (κ2) is 1.75. The number of carbonyl (C=O) groups is 2. The Balaban J connectivity index is 3.57. The van der Waals surface area contributed by atoms with Crippen molar-refractivity contribution >= 4 is 19.3 Å². The van der Waals surface area contributed by atoms with E-state index in [9.17, 15) is 9.59 Å². The molecule has 0 spiro atoms. The average molecular weight is 83.9 g/mol. The molecular formula is C3H5BO2. The van der Waals surface area contributed by atoms with Crippen molar-refractivity contribution in [2.45, 2.75) is 6.92 Å². The lowest BCUT2D eigenvalue weighted by Crippen LogP contribution is -2.06. The summed E-state index contributed by atoms with van der Waals surface area (Å²) in [6.07, 6.45) is 0. The van der Waals surface area contributed by atoms with Crippen molar-refractivity contribution in [3.8, 4) is 0 Å². The van der Waals surface area contributed by atoms with Crippen LogP contribution in [0.5, 0.6) is 0 Å². The highest BCUT2D eigenvalue weighted by Gasteiger charge is 1.94. The molecule has 0 aromatic heterocycles. The monoisotopic (exact) mass is 84.0 g/mol. The van der Waals surface area contributed by atoms with E-state index in [0.29, 0.717) is 0 Å². The SMILES string of the molecule is BC(=O)C(C)=O. The van der Waals surface area contributed by atoms with Crippen LogP contribution in [0.4, 0.5) is 0 Å². The van der Waals surface area contributed by atoms with Crippen LogP contribution in [0.1, 0.15) is 6.92 Å². The van der Waals surface area contributed by atoms with Gasteiger partial charge in [-0.2, -0.15) is 0 Å². The number of rotatable bonds is 1. The summed E-state index contributed by atoms with van der Waals surface area (Å²) in [5, 5.41) is 0. The minimum absolute atomic E-state index is 0.380. The Morgan fingerprint density at radius 2 is 1.67 bits per heavy atom. The third-order valence-corrected chi connectivity index (χ3v) is 0.496. The summed E-state index contributed by atoms with van der Waals surface area (Å²) in [5.41, 5.74) is -0.380. The molecule has 0 aliphatic rings. The fourth-order valence-electron chi connectivity index (χ4n) is 0. The minimum atomic E-state index is -0.380. The van der Waals surface area contributed by atoms with Crippen LogP contribution in [-0.2, 0) is 9.59 Å². The second-order valence-electron chi connectivity index (χ2n) is 1.11. The molecule has 0 atom stereocenters. The van der Waals surface area contributed by atoms with E-state index < -0.39 is 0 Å². The van der Waals surface area contributed by atoms with Gasteiger partial charge in [0, 0.05) is 6.92 Å². The summed E-state index contributed by atoms with van der Waals surface area (Å²) in [7, 11) is 1.25. The molecule has 0 aromatic carbocycles. The summed E-state index contributed by atoms with van der Waals surface area (Å²) in [6.45, 7) is 1.25. The molecule has 0 heterocycles. The molecule has 6 heavy (non-hydrogen) atoms. The van der Waals surface area contributed by atoms with E-state index in [4.69, 9.17) is 0 Å². The Bertz CT molecular complexity index is 74.8. The van der Waals surface area contributed by atoms with Crippen molar-refractivity contribution in [1.82, 2.24) is 0 Å². The molecule has 3 heteroatoms. The Hall–Kier alpha value is -0.595. The molecule has 0 unspecified atom stereocenters. The maximum absolute atomic E-state index is 9.79. The van der Waals surface area contributed by atoms with Gasteiger partial charge < -0.3 is 4.79 Å². The first-order chi connectivity index (χ1) is 2.64. The van der Waals surface area contributed by atoms with Gasteiger partial charge in [-0.1, -0.05) is 0 Å². The van der Waals surface area contributed by atoms with Crippen LogP contribution in [0.3, 0.4) is 0 Å². The largest absolute Gasteiger partial charge is 0.304 e. The quantitative estimate of drug-likeness (QED) is 0.293. The Morgan fingerprint density at radius 3 is 1.67 bits per heavy atom. The van der Waals surface area contributed by atoms with Crippen LogP contribution >= 0.6 is 0 Å². The van der Waals surface area contributed by atoms with Crippen LogP contribution in [0, 0.1) is 0 Å². The van der Waals surface area contributed by atoms with Gasteiger partial charge in [0.1, 0.15) is 5.68 Å². The highest BCUT2D eigenvalue weighted by Crippen LogP contribution is 1.61. The van der Waals surface area contributed by atoms with Gasteiger partial charge in [-0.25, -0.2) is 0 Å². The smallest absolute Gasteiger partial charge is 0.197 e. The van der Waals surface area contributed by atoms with Crippen LogP contribution in [-0.4, -0.2) is 19.3 Å². The van der Waals surface area contributed by atoms with Gasteiger partial charge in [0.2, 0.25) is 0 Å². The van der Waals surface area contributed by atoms with E-state index in [1.807, 2.05) is 0 Å². The van der Waals surface area contributed by atoms with Crippen molar-refractivity contribution < 1.29 is 9.59 Å². The van der Waals surface area contributed by atoms with Gasteiger partial charge in [0.25, 0.3) is 0 Å². The highest BCUT2D eigenvalue weighted by atomic mass is 16.2. The molecule has 0 fully saturated rings. The first-order valence-corrected chi connectivity index (χ1v) is 1.66. The molecular weight excluding hydrogens is 78.8 g/mol. The molecule has 0 aliphatic heterocycles. The van der Waals surface area contributed by atoms with Gasteiger partial charge >= 0.3 is 0 Å². The van der Waals surface area contributed by atoms with Crippen LogP contribution in [0.15, 0.2) is 0 Å². The highest BCUT2D eigenvalue weighted by molar-refractivity contribution is 6.76. The summed E-state index contributed by atoms with van der Waals surface area (Å²) in [5.74, 6) is -0.380. The zero-order valence-corrected chi connectivity index (χ0v) is 3.82. The fourth-order valence-corrected chi connectivity index (χ4v) is 0. The predicted molar refractivity (Wildman–Crippen MR) is 24.2 cm³/mol. The van der Waals surface area contributed by atoms with Crippen LogP contribution < -0.4 is 0 Å². The molecule has 0 radical (unpaired) electrons. The molecule has 0 bridgehead atoms. The molecule has 0 amide bonds. The Kier molecular flexibility index (Phi) is 1.57. The molecule has 0 saturated carbocycles. The van der Waals surface area contributed by atoms with Crippen molar-refractivity contribution in [3.63, 3.8) is 0 Å². The zero-order valence-electron chi connectivity index (χ0n) is 3.82. The van der Waals surface area contributed by atoms with E-state index in [1.165, 1.54) is 14.8 Å². The predicted octanol–water partition coefficient (Wildman–Crippen LogP) is -1.26. The molecule has 0 saturated heterocycles.